The minimum atomic E-state index is -0.798. The maximum atomic E-state index is 12.9. The summed E-state index contributed by atoms with van der Waals surface area (Å²) in [5, 5.41) is 0. The van der Waals surface area contributed by atoms with Crippen LogP contribution in [0.2, 0.25) is 0 Å². The lowest BCUT2D eigenvalue weighted by Crippen LogP contribution is -2.30. The van der Waals surface area contributed by atoms with Crippen molar-refractivity contribution in [3.8, 4) is 0 Å². The van der Waals surface area contributed by atoms with Gasteiger partial charge in [-0.25, -0.2) is 0 Å². The average Bonchev–Trinajstić information content (AvgIpc) is 3.45. The van der Waals surface area contributed by atoms with Crippen molar-refractivity contribution in [3.05, 3.63) is 109 Å². The molecule has 0 aromatic heterocycles. The van der Waals surface area contributed by atoms with Crippen LogP contribution in [0.4, 0.5) is 0 Å². The summed E-state index contributed by atoms with van der Waals surface area (Å²) in [5.74, 6) is -0.916. The number of allylic oxidation sites excluding steroid dienone is 18. The van der Waals surface area contributed by atoms with Gasteiger partial charge in [0.1, 0.15) is 13.2 Å². The molecule has 6 nitrogen and oxygen atoms in total. The van der Waals surface area contributed by atoms with E-state index in [0.29, 0.717) is 19.3 Å². The van der Waals surface area contributed by atoms with Gasteiger partial charge in [0.15, 0.2) is 6.10 Å². The molecule has 0 saturated carbocycles. The fourth-order valence-electron chi connectivity index (χ4n) is 9.24. The first-order chi connectivity index (χ1) is 39.0. The minimum absolute atomic E-state index is 0.0912. The first-order valence-electron chi connectivity index (χ1n) is 33.4. The van der Waals surface area contributed by atoms with Crippen LogP contribution in [0.5, 0.6) is 0 Å². The maximum Gasteiger partial charge on any atom is 0.306 e. The van der Waals surface area contributed by atoms with Gasteiger partial charge in [0, 0.05) is 19.3 Å². The third kappa shape index (κ3) is 64.8. The SMILES string of the molecule is CC/C=C\C/C=C\C/C=C\C/C=C\C/C=C\CCCCCCCC(=O)OCC(COC(=O)CCCCCCCCCCC/C=C\CCCCCCCC)OC(=O)CCCCCCCC/C=C\C/C=C\C/C=C\CCCCCCC. The van der Waals surface area contributed by atoms with Crippen molar-refractivity contribution in [1.29, 1.82) is 0 Å². The van der Waals surface area contributed by atoms with E-state index in [4.69, 9.17) is 14.2 Å². The van der Waals surface area contributed by atoms with Crippen molar-refractivity contribution in [2.75, 3.05) is 13.2 Å². The number of unbranched alkanes of at least 4 members (excludes halogenated alkanes) is 31. The Morgan fingerprint density at radius 2 is 0.494 bits per heavy atom. The van der Waals surface area contributed by atoms with E-state index in [1.165, 1.54) is 141 Å². The van der Waals surface area contributed by atoms with Gasteiger partial charge in [-0.1, -0.05) is 278 Å². The van der Waals surface area contributed by atoms with Gasteiger partial charge in [-0.3, -0.25) is 14.4 Å². The van der Waals surface area contributed by atoms with E-state index >= 15 is 0 Å². The highest BCUT2D eigenvalue weighted by molar-refractivity contribution is 5.71. The van der Waals surface area contributed by atoms with Gasteiger partial charge >= 0.3 is 17.9 Å². The van der Waals surface area contributed by atoms with Crippen LogP contribution in [0, 0.1) is 0 Å². The molecule has 0 fully saturated rings. The third-order valence-corrected chi connectivity index (χ3v) is 14.2. The maximum absolute atomic E-state index is 12.9. The molecule has 0 heterocycles. The van der Waals surface area contributed by atoms with Crippen LogP contribution in [-0.4, -0.2) is 37.2 Å². The fraction of sp³-hybridized carbons (Fsp3) is 0.712. The van der Waals surface area contributed by atoms with Crippen LogP contribution >= 0.6 is 0 Å². The van der Waals surface area contributed by atoms with Crippen molar-refractivity contribution < 1.29 is 28.6 Å². The quantitative estimate of drug-likeness (QED) is 0.0261. The van der Waals surface area contributed by atoms with Gasteiger partial charge in [-0.05, 0) is 128 Å². The highest BCUT2D eigenvalue weighted by Gasteiger charge is 2.19. The van der Waals surface area contributed by atoms with Crippen LogP contribution in [-0.2, 0) is 28.6 Å². The van der Waals surface area contributed by atoms with E-state index < -0.39 is 6.10 Å². The second-order valence-corrected chi connectivity index (χ2v) is 22.0. The molecule has 6 heteroatoms. The van der Waals surface area contributed by atoms with E-state index in [9.17, 15) is 14.4 Å². The topological polar surface area (TPSA) is 78.9 Å². The van der Waals surface area contributed by atoms with Gasteiger partial charge in [0.2, 0.25) is 0 Å². The summed E-state index contributed by atoms with van der Waals surface area (Å²) in [6, 6.07) is 0. The van der Waals surface area contributed by atoms with Crippen LogP contribution in [0.25, 0.3) is 0 Å². The number of rotatable bonds is 60. The zero-order valence-electron chi connectivity index (χ0n) is 51.9. The number of hydrogen-bond acceptors (Lipinski definition) is 6. The van der Waals surface area contributed by atoms with Gasteiger partial charge in [-0.15, -0.1) is 0 Å². The molecule has 0 amide bonds. The van der Waals surface area contributed by atoms with Crippen LogP contribution < -0.4 is 0 Å². The Morgan fingerprint density at radius 1 is 0.266 bits per heavy atom. The third-order valence-electron chi connectivity index (χ3n) is 14.2. The van der Waals surface area contributed by atoms with Crippen LogP contribution in [0.3, 0.4) is 0 Å². The molecule has 1 atom stereocenters. The van der Waals surface area contributed by atoms with E-state index in [2.05, 4.69) is 130 Å². The summed E-state index contributed by atoms with van der Waals surface area (Å²) in [6.45, 7) is 6.51. The molecule has 0 aromatic rings. The first-order valence-corrected chi connectivity index (χ1v) is 33.4. The lowest BCUT2D eigenvalue weighted by atomic mass is 10.1. The van der Waals surface area contributed by atoms with Crippen molar-refractivity contribution in [2.24, 2.45) is 0 Å². The summed E-state index contributed by atoms with van der Waals surface area (Å²) >= 11 is 0. The smallest absolute Gasteiger partial charge is 0.306 e. The van der Waals surface area contributed by atoms with E-state index in [-0.39, 0.29) is 31.1 Å². The Hall–Kier alpha value is -3.93. The molecular formula is C73H124O6. The monoisotopic (exact) mass is 1100 g/mol. The molecule has 0 bridgehead atoms. The molecule has 0 aliphatic carbocycles. The normalized spacial score (nSPS) is 12.8. The summed E-state index contributed by atoms with van der Waals surface area (Å²) in [4.78, 5) is 38.4. The molecule has 0 N–H and O–H groups in total. The molecule has 0 rings (SSSR count). The van der Waals surface area contributed by atoms with Crippen molar-refractivity contribution >= 4 is 17.9 Å². The van der Waals surface area contributed by atoms with Crippen LogP contribution in [0.15, 0.2) is 109 Å². The molecule has 79 heavy (non-hydrogen) atoms. The predicted molar refractivity (Wildman–Crippen MR) is 343 cm³/mol. The van der Waals surface area contributed by atoms with E-state index in [1.807, 2.05) is 0 Å². The Kier molecular flexibility index (Phi) is 63.3. The highest BCUT2D eigenvalue weighted by atomic mass is 16.6. The zero-order valence-corrected chi connectivity index (χ0v) is 51.9. The number of carbonyl (C=O) groups is 3. The number of esters is 3. The molecule has 0 aliphatic heterocycles. The summed E-state index contributed by atoms with van der Waals surface area (Å²) in [7, 11) is 0. The summed E-state index contributed by atoms with van der Waals surface area (Å²) < 4.78 is 16.9. The molecule has 0 radical (unpaired) electrons. The van der Waals surface area contributed by atoms with Crippen molar-refractivity contribution in [1.82, 2.24) is 0 Å². The predicted octanol–water partition coefficient (Wildman–Crippen LogP) is 23.0. The molecule has 0 spiro atoms. The summed E-state index contributed by atoms with van der Waals surface area (Å²) in [6.07, 6.45) is 90.9. The highest BCUT2D eigenvalue weighted by Crippen LogP contribution is 2.16. The Labute approximate surface area is 489 Å². The zero-order chi connectivity index (χ0) is 57.1. The Bertz CT molecular complexity index is 1590. The largest absolute Gasteiger partial charge is 0.462 e. The second-order valence-electron chi connectivity index (χ2n) is 22.0. The van der Waals surface area contributed by atoms with Gasteiger partial charge in [0.05, 0.1) is 0 Å². The van der Waals surface area contributed by atoms with Gasteiger partial charge in [0.25, 0.3) is 0 Å². The Morgan fingerprint density at radius 3 is 0.785 bits per heavy atom. The molecule has 0 saturated heterocycles. The van der Waals surface area contributed by atoms with E-state index in [1.54, 1.807) is 0 Å². The fourth-order valence-corrected chi connectivity index (χ4v) is 9.24. The van der Waals surface area contributed by atoms with Crippen LogP contribution in [0.1, 0.15) is 316 Å². The molecule has 1 unspecified atom stereocenters. The lowest BCUT2D eigenvalue weighted by molar-refractivity contribution is -0.167. The van der Waals surface area contributed by atoms with Gasteiger partial charge in [-0.2, -0.15) is 0 Å². The first kappa shape index (κ1) is 75.1. The number of carbonyl (C=O) groups excluding carboxylic acids is 3. The molecule has 452 valence electrons. The number of ether oxygens (including phenoxy) is 3. The molecule has 0 aromatic carbocycles. The van der Waals surface area contributed by atoms with E-state index in [0.717, 1.165) is 135 Å². The minimum Gasteiger partial charge on any atom is -0.462 e. The van der Waals surface area contributed by atoms with Crippen molar-refractivity contribution in [2.45, 2.75) is 322 Å². The standard InChI is InChI=1S/C73H124O6/c1-4-7-10-13-16-19-22-25-28-31-34-36-39-42-45-48-51-54-57-60-63-66-72(75)78-69-70(68-77-71(74)65-62-59-56-53-50-47-44-41-38-33-30-27-24-21-18-15-12-9-6-3)79-73(76)67-64-61-58-55-52-49-46-43-40-37-35-32-29-26-23-20-17-14-11-8-5-2/h7,10,16,19,23,25-28,30,32,34-36,40,42-43,45,70H,4-6,8-9,11-15,17-18,20-22,24,29,31,33,37-39,41,44,46-69H2,1-3H3/b10-7-,19-16-,26-23-,28-25-,30-27-,35-32-,36-34-,43-40-,45-42-. The summed E-state index contributed by atoms with van der Waals surface area (Å²) in [5.41, 5.74) is 0. The Balaban J connectivity index is 4.46. The van der Waals surface area contributed by atoms with Crippen molar-refractivity contribution in [3.63, 3.8) is 0 Å². The average molecular weight is 1100 g/mol. The second kappa shape index (κ2) is 66.6. The molecular weight excluding hydrogens is 973 g/mol. The molecule has 0 aliphatic rings. The van der Waals surface area contributed by atoms with Gasteiger partial charge < -0.3 is 14.2 Å². The lowest BCUT2D eigenvalue weighted by Gasteiger charge is -2.18. The number of hydrogen-bond donors (Lipinski definition) is 0.